The van der Waals surface area contributed by atoms with E-state index in [0.29, 0.717) is 5.54 Å². The Bertz CT molecular complexity index is 259. The predicted octanol–water partition coefficient (Wildman–Crippen LogP) is 2.35. The number of likely N-dealkylation sites (tertiary alicyclic amines) is 2. The van der Waals surface area contributed by atoms with Gasteiger partial charge in [-0.3, -0.25) is 4.90 Å². The van der Waals surface area contributed by atoms with Gasteiger partial charge < -0.3 is 4.90 Å². The van der Waals surface area contributed by atoms with Crippen molar-refractivity contribution >= 4 is 0 Å². The topological polar surface area (TPSA) is 6.48 Å². The van der Waals surface area contributed by atoms with Crippen LogP contribution in [0.1, 0.15) is 46.5 Å². The Labute approximate surface area is 100.0 Å². The summed E-state index contributed by atoms with van der Waals surface area (Å²) in [4.78, 5) is 5.39. The van der Waals surface area contributed by atoms with Crippen molar-refractivity contribution in [2.45, 2.75) is 58.0 Å². The summed E-state index contributed by atoms with van der Waals surface area (Å²) in [5.74, 6) is 0. The van der Waals surface area contributed by atoms with Crippen molar-refractivity contribution in [3.05, 3.63) is 0 Å². The summed E-state index contributed by atoms with van der Waals surface area (Å²) in [6, 6.07) is 0.949. The summed E-state index contributed by atoms with van der Waals surface area (Å²) < 4.78 is 0. The fraction of sp³-hybridized carbons (Fsp3) is 1.00. The van der Waals surface area contributed by atoms with Crippen molar-refractivity contribution in [3.63, 3.8) is 0 Å². The summed E-state index contributed by atoms with van der Waals surface area (Å²) in [6.07, 6.45) is 5.86. The number of hydrogen-bond donors (Lipinski definition) is 0. The van der Waals surface area contributed by atoms with Gasteiger partial charge in [-0.15, -0.1) is 0 Å². The summed E-state index contributed by atoms with van der Waals surface area (Å²) >= 11 is 0. The number of hydrogen-bond acceptors (Lipinski definition) is 2. The highest BCUT2D eigenvalue weighted by Crippen LogP contribution is 2.52. The molecule has 1 saturated carbocycles. The van der Waals surface area contributed by atoms with Gasteiger partial charge in [0.25, 0.3) is 0 Å². The van der Waals surface area contributed by atoms with Crippen molar-refractivity contribution in [2.75, 3.05) is 26.2 Å². The molecule has 3 fully saturated rings. The van der Waals surface area contributed by atoms with Crippen LogP contribution in [0.5, 0.6) is 0 Å². The second-order valence-electron chi connectivity index (χ2n) is 7.33. The first-order valence-corrected chi connectivity index (χ1v) is 6.98. The molecule has 1 aliphatic carbocycles. The zero-order chi connectivity index (χ0) is 11.4. The molecule has 0 aromatic carbocycles. The van der Waals surface area contributed by atoms with E-state index in [1.54, 1.807) is 0 Å². The van der Waals surface area contributed by atoms with E-state index in [1.807, 2.05) is 0 Å². The minimum absolute atomic E-state index is 0.393. The molecule has 0 aromatic rings. The Morgan fingerprint density at radius 1 is 1.00 bits per heavy atom. The first-order chi connectivity index (χ1) is 7.49. The predicted molar refractivity (Wildman–Crippen MR) is 67.6 cm³/mol. The monoisotopic (exact) mass is 222 g/mol. The average molecular weight is 222 g/mol. The third-order valence-corrected chi connectivity index (χ3v) is 5.00. The molecule has 0 atom stereocenters. The SMILES string of the molecule is CC(C)(C)N1CC2(CC(N3CCCC3)C2)C1. The largest absolute Gasteiger partial charge is 0.300 e. The van der Waals surface area contributed by atoms with E-state index in [0.717, 1.165) is 11.5 Å². The Kier molecular flexibility index (Phi) is 2.38. The van der Waals surface area contributed by atoms with E-state index in [9.17, 15) is 0 Å². The lowest BCUT2D eigenvalue weighted by atomic mass is 9.59. The van der Waals surface area contributed by atoms with E-state index in [4.69, 9.17) is 0 Å². The van der Waals surface area contributed by atoms with E-state index in [1.165, 1.54) is 51.9 Å². The van der Waals surface area contributed by atoms with Gasteiger partial charge in [-0.2, -0.15) is 0 Å². The van der Waals surface area contributed by atoms with Crippen LogP contribution in [0, 0.1) is 5.41 Å². The summed E-state index contributed by atoms with van der Waals surface area (Å²) in [6.45, 7) is 12.5. The first-order valence-electron chi connectivity index (χ1n) is 6.98. The van der Waals surface area contributed by atoms with E-state index in [2.05, 4.69) is 30.6 Å². The van der Waals surface area contributed by atoms with Crippen molar-refractivity contribution in [1.29, 1.82) is 0 Å². The van der Waals surface area contributed by atoms with Crippen LogP contribution in [0.25, 0.3) is 0 Å². The molecule has 0 amide bonds. The molecule has 2 aliphatic heterocycles. The molecule has 2 saturated heterocycles. The molecule has 2 nitrogen and oxygen atoms in total. The van der Waals surface area contributed by atoms with Gasteiger partial charge in [-0.25, -0.2) is 0 Å². The number of nitrogens with zero attached hydrogens (tertiary/aromatic N) is 2. The lowest BCUT2D eigenvalue weighted by Crippen LogP contribution is -2.69. The first kappa shape index (κ1) is 11.0. The Morgan fingerprint density at radius 2 is 1.56 bits per heavy atom. The van der Waals surface area contributed by atoms with Crippen LogP contribution in [0.4, 0.5) is 0 Å². The average Bonchev–Trinajstić information content (AvgIpc) is 2.48. The van der Waals surface area contributed by atoms with Gasteiger partial charge in [0, 0.05) is 24.7 Å². The molecule has 0 N–H and O–H groups in total. The Morgan fingerprint density at radius 3 is 2.06 bits per heavy atom. The molecule has 2 heteroatoms. The lowest BCUT2D eigenvalue weighted by Gasteiger charge is -2.64. The van der Waals surface area contributed by atoms with Crippen LogP contribution < -0.4 is 0 Å². The second-order valence-corrected chi connectivity index (χ2v) is 7.33. The maximum atomic E-state index is 2.74. The van der Waals surface area contributed by atoms with Gasteiger partial charge in [0.15, 0.2) is 0 Å². The fourth-order valence-corrected chi connectivity index (χ4v) is 3.80. The van der Waals surface area contributed by atoms with Crippen molar-refractivity contribution < 1.29 is 0 Å². The fourth-order valence-electron chi connectivity index (χ4n) is 3.80. The van der Waals surface area contributed by atoms with Gasteiger partial charge in [-0.05, 0) is 65.0 Å². The second kappa shape index (κ2) is 3.46. The molecule has 1 spiro atoms. The Balaban J connectivity index is 1.48. The molecule has 2 heterocycles. The molecule has 3 aliphatic rings. The Hall–Kier alpha value is -0.0800. The van der Waals surface area contributed by atoms with Crippen LogP contribution in [0.3, 0.4) is 0 Å². The van der Waals surface area contributed by atoms with Gasteiger partial charge in [0.1, 0.15) is 0 Å². The van der Waals surface area contributed by atoms with Crippen molar-refractivity contribution in [3.8, 4) is 0 Å². The quantitative estimate of drug-likeness (QED) is 0.672. The molecular weight excluding hydrogens is 196 g/mol. The van der Waals surface area contributed by atoms with Crippen LogP contribution >= 0.6 is 0 Å². The maximum absolute atomic E-state index is 2.74. The minimum Gasteiger partial charge on any atom is -0.300 e. The summed E-state index contributed by atoms with van der Waals surface area (Å²) in [7, 11) is 0. The lowest BCUT2D eigenvalue weighted by molar-refractivity contribution is -0.136. The van der Waals surface area contributed by atoms with E-state index in [-0.39, 0.29) is 0 Å². The minimum atomic E-state index is 0.393. The van der Waals surface area contributed by atoms with Crippen LogP contribution in [0.2, 0.25) is 0 Å². The van der Waals surface area contributed by atoms with Gasteiger partial charge >= 0.3 is 0 Å². The molecule has 3 rings (SSSR count). The maximum Gasteiger partial charge on any atom is 0.0125 e. The van der Waals surface area contributed by atoms with Crippen molar-refractivity contribution in [2.24, 2.45) is 5.41 Å². The van der Waals surface area contributed by atoms with Crippen LogP contribution in [-0.2, 0) is 0 Å². The molecule has 0 radical (unpaired) electrons. The summed E-state index contributed by atoms with van der Waals surface area (Å²) in [5.41, 5.74) is 1.13. The molecule has 0 aromatic heterocycles. The van der Waals surface area contributed by atoms with Gasteiger partial charge in [0.05, 0.1) is 0 Å². The standard InChI is InChI=1S/C14H26N2/c1-13(2,3)16-10-14(11-16)8-12(9-14)15-6-4-5-7-15/h12H,4-11H2,1-3H3. The molecular formula is C14H26N2. The molecule has 92 valence electrons. The van der Waals surface area contributed by atoms with Gasteiger partial charge in [-0.1, -0.05) is 0 Å². The van der Waals surface area contributed by atoms with Crippen LogP contribution in [-0.4, -0.2) is 47.6 Å². The van der Waals surface area contributed by atoms with E-state index >= 15 is 0 Å². The number of rotatable bonds is 1. The molecule has 0 unspecified atom stereocenters. The highest BCUT2D eigenvalue weighted by Gasteiger charge is 2.55. The zero-order valence-electron chi connectivity index (χ0n) is 11.1. The third-order valence-electron chi connectivity index (χ3n) is 5.00. The zero-order valence-corrected chi connectivity index (χ0v) is 11.1. The highest BCUT2D eigenvalue weighted by atomic mass is 15.3. The normalized spacial score (nSPS) is 31.7. The molecule has 16 heavy (non-hydrogen) atoms. The smallest absolute Gasteiger partial charge is 0.0125 e. The summed E-state index contributed by atoms with van der Waals surface area (Å²) in [5, 5.41) is 0. The van der Waals surface area contributed by atoms with E-state index < -0.39 is 0 Å². The van der Waals surface area contributed by atoms with Gasteiger partial charge in [0.2, 0.25) is 0 Å². The molecule has 0 bridgehead atoms. The highest BCUT2D eigenvalue weighted by molar-refractivity contribution is 5.09. The third kappa shape index (κ3) is 1.70. The van der Waals surface area contributed by atoms with Crippen LogP contribution in [0.15, 0.2) is 0 Å². The van der Waals surface area contributed by atoms with Crippen molar-refractivity contribution in [1.82, 2.24) is 9.80 Å².